The molecule has 1 saturated heterocycles. The van der Waals surface area contributed by atoms with Crippen molar-refractivity contribution in [3.8, 4) is 0 Å². The molecule has 1 aliphatic rings. The Bertz CT molecular complexity index is 510. The first-order valence-electron chi connectivity index (χ1n) is 4.61. The molecule has 0 spiro atoms. The summed E-state index contributed by atoms with van der Waals surface area (Å²) in [5.41, 5.74) is 0.808. The van der Waals surface area contributed by atoms with E-state index in [1.54, 1.807) is 12.1 Å². The molecule has 0 unspecified atom stereocenters. The zero-order valence-electron chi connectivity index (χ0n) is 8.25. The third kappa shape index (κ3) is 2.16. The van der Waals surface area contributed by atoms with E-state index in [1.807, 2.05) is 4.90 Å². The van der Waals surface area contributed by atoms with Crippen LogP contribution in [0.5, 0.6) is 0 Å². The molecule has 2 N–H and O–H groups in total. The molecule has 16 heavy (non-hydrogen) atoms. The Morgan fingerprint density at radius 3 is 2.38 bits per heavy atom. The lowest BCUT2D eigenvalue weighted by atomic mass is 10.3. The van der Waals surface area contributed by atoms with Crippen molar-refractivity contribution in [2.45, 2.75) is 4.90 Å². The quantitative estimate of drug-likeness (QED) is 0.599. The molecule has 1 aliphatic heterocycles. The van der Waals surface area contributed by atoms with Crippen LogP contribution < -0.4 is 10.2 Å². The van der Waals surface area contributed by atoms with Crippen LogP contribution >= 0.6 is 12.2 Å². The lowest BCUT2D eigenvalue weighted by molar-refractivity contribution is 0.483. The predicted octanol–water partition coefficient (Wildman–Crippen LogP) is 0.628. The van der Waals surface area contributed by atoms with Crippen LogP contribution in [0.15, 0.2) is 29.2 Å². The first kappa shape index (κ1) is 11.3. The fourth-order valence-corrected chi connectivity index (χ4v) is 2.29. The van der Waals surface area contributed by atoms with Crippen molar-refractivity contribution in [1.29, 1.82) is 0 Å². The average Bonchev–Trinajstić information content (AvgIpc) is 2.63. The van der Waals surface area contributed by atoms with Gasteiger partial charge in [-0.25, -0.2) is 0 Å². The first-order valence-corrected chi connectivity index (χ1v) is 6.46. The van der Waals surface area contributed by atoms with Gasteiger partial charge in [0.1, 0.15) is 0 Å². The van der Waals surface area contributed by atoms with Crippen LogP contribution in [0.1, 0.15) is 0 Å². The zero-order chi connectivity index (χ0) is 11.8. The second-order valence-corrected chi connectivity index (χ2v) is 5.16. The molecule has 0 aliphatic carbocycles. The van der Waals surface area contributed by atoms with Crippen LogP contribution in [0.4, 0.5) is 5.69 Å². The van der Waals surface area contributed by atoms with Crippen LogP contribution in [0.3, 0.4) is 0 Å². The highest BCUT2D eigenvalue weighted by atomic mass is 32.2. The van der Waals surface area contributed by atoms with Crippen LogP contribution in [0.2, 0.25) is 0 Å². The summed E-state index contributed by atoms with van der Waals surface area (Å²) >= 11 is 5.08. The van der Waals surface area contributed by atoms with E-state index in [9.17, 15) is 8.42 Å². The van der Waals surface area contributed by atoms with E-state index in [-0.39, 0.29) is 4.90 Å². The van der Waals surface area contributed by atoms with Crippen molar-refractivity contribution in [3.63, 3.8) is 0 Å². The van der Waals surface area contributed by atoms with Gasteiger partial charge in [0.15, 0.2) is 5.11 Å². The van der Waals surface area contributed by atoms with E-state index in [1.165, 1.54) is 12.1 Å². The Kier molecular flexibility index (Phi) is 2.83. The van der Waals surface area contributed by atoms with Gasteiger partial charge in [0, 0.05) is 18.8 Å². The van der Waals surface area contributed by atoms with Gasteiger partial charge in [0.05, 0.1) is 4.90 Å². The monoisotopic (exact) mass is 258 g/mol. The molecular weight excluding hydrogens is 248 g/mol. The summed E-state index contributed by atoms with van der Waals surface area (Å²) in [5.74, 6) is 0. The molecule has 5 nitrogen and oxygen atoms in total. The number of anilines is 1. The molecule has 0 saturated carbocycles. The fourth-order valence-electron chi connectivity index (χ4n) is 1.52. The minimum atomic E-state index is -4.12. The summed E-state index contributed by atoms with van der Waals surface area (Å²) < 4.78 is 30.5. The zero-order valence-corrected chi connectivity index (χ0v) is 9.88. The summed E-state index contributed by atoms with van der Waals surface area (Å²) in [6.45, 7) is 1.53. The van der Waals surface area contributed by atoms with Gasteiger partial charge < -0.3 is 10.2 Å². The van der Waals surface area contributed by atoms with Crippen LogP contribution in [-0.2, 0) is 10.1 Å². The maximum atomic E-state index is 10.8. The van der Waals surface area contributed by atoms with Crippen molar-refractivity contribution in [1.82, 2.24) is 5.32 Å². The molecule has 2 rings (SSSR count). The van der Waals surface area contributed by atoms with Crippen molar-refractivity contribution in [3.05, 3.63) is 24.3 Å². The molecule has 0 atom stereocenters. The molecule has 0 amide bonds. The molecule has 1 aromatic carbocycles. The smallest absolute Gasteiger partial charge is 0.294 e. The molecule has 86 valence electrons. The van der Waals surface area contributed by atoms with Crippen LogP contribution in [-0.4, -0.2) is 31.2 Å². The number of rotatable bonds is 2. The van der Waals surface area contributed by atoms with Gasteiger partial charge in [0.25, 0.3) is 10.1 Å². The molecule has 1 heterocycles. The summed E-state index contributed by atoms with van der Waals surface area (Å²) in [6.07, 6.45) is 0. The van der Waals surface area contributed by atoms with Gasteiger partial charge in [-0.05, 0) is 36.5 Å². The summed E-state index contributed by atoms with van der Waals surface area (Å²) in [6, 6.07) is 5.93. The molecule has 1 fully saturated rings. The maximum Gasteiger partial charge on any atom is 0.294 e. The first-order chi connectivity index (χ1) is 7.48. The Morgan fingerprint density at radius 1 is 1.31 bits per heavy atom. The highest BCUT2D eigenvalue weighted by Crippen LogP contribution is 2.19. The molecule has 0 radical (unpaired) electrons. The van der Waals surface area contributed by atoms with Gasteiger partial charge in [-0.1, -0.05) is 0 Å². The van der Waals surface area contributed by atoms with Gasteiger partial charge in [0.2, 0.25) is 0 Å². The van der Waals surface area contributed by atoms with E-state index >= 15 is 0 Å². The molecule has 0 aromatic heterocycles. The fraction of sp³-hybridized carbons (Fsp3) is 0.222. The van der Waals surface area contributed by atoms with Gasteiger partial charge in [-0.3, -0.25) is 4.55 Å². The Hall–Kier alpha value is -1.18. The van der Waals surface area contributed by atoms with Crippen molar-refractivity contribution < 1.29 is 13.0 Å². The number of nitrogens with zero attached hydrogens (tertiary/aromatic N) is 1. The number of hydrogen-bond donors (Lipinski definition) is 2. The highest BCUT2D eigenvalue weighted by molar-refractivity contribution is 7.85. The number of thiocarbonyl (C=S) groups is 1. The largest absolute Gasteiger partial charge is 0.360 e. The standard InChI is InChI=1S/C9H10N2O3S2/c12-16(13,14)8-3-1-7(2-4-8)11-6-5-10-9(11)15/h1-4H,5-6H2,(H,10,15)(H,12,13,14). The predicted molar refractivity (Wildman–Crippen MR) is 64.2 cm³/mol. The number of nitrogens with one attached hydrogen (secondary N) is 1. The lowest BCUT2D eigenvalue weighted by Gasteiger charge is -2.16. The highest BCUT2D eigenvalue weighted by Gasteiger charge is 2.18. The maximum absolute atomic E-state index is 10.8. The topological polar surface area (TPSA) is 69.6 Å². The summed E-state index contributed by atoms with van der Waals surface area (Å²) in [5, 5.41) is 3.63. The minimum absolute atomic E-state index is 0.116. The summed E-state index contributed by atoms with van der Waals surface area (Å²) in [4.78, 5) is 1.75. The van der Waals surface area contributed by atoms with E-state index < -0.39 is 10.1 Å². The van der Waals surface area contributed by atoms with Crippen LogP contribution in [0.25, 0.3) is 0 Å². The Labute approximate surface area is 98.8 Å². The molecular formula is C9H10N2O3S2. The van der Waals surface area contributed by atoms with Gasteiger partial charge >= 0.3 is 0 Å². The number of hydrogen-bond acceptors (Lipinski definition) is 3. The lowest BCUT2D eigenvalue weighted by Crippen LogP contribution is -2.27. The van der Waals surface area contributed by atoms with Crippen molar-refractivity contribution in [2.24, 2.45) is 0 Å². The van der Waals surface area contributed by atoms with Crippen LogP contribution in [0, 0.1) is 0 Å². The van der Waals surface area contributed by atoms with E-state index in [0.29, 0.717) is 5.11 Å². The summed E-state index contributed by atoms with van der Waals surface area (Å²) in [7, 11) is -4.12. The van der Waals surface area contributed by atoms with E-state index in [4.69, 9.17) is 16.8 Å². The Balaban J connectivity index is 2.29. The van der Waals surface area contributed by atoms with E-state index in [0.717, 1.165) is 18.8 Å². The second kappa shape index (κ2) is 4.00. The average molecular weight is 258 g/mol. The Morgan fingerprint density at radius 2 is 1.94 bits per heavy atom. The normalized spacial score (nSPS) is 16.3. The van der Waals surface area contributed by atoms with Gasteiger partial charge in [-0.2, -0.15) is 8.42 Å². The molecule has 7 heteroatoms. The minimum Gasteiger partial charge on any atom is -0.360 e. The third-order valence-electron chi connectivity index (χ3n) is 2.30. The molecule has 1 aromatic rings. The third-order valence-corrected chi connectivity index (χ3v) is 3.54. The van der Waals surface area contributed by atoms with Crippen molar-refractivity contribution >= 4 is 33.1 Å². The second-order valence-electron chi connectivity index (χ2n) is 3.35. The van der Waals surface area contributed by atoms with Gasteiger partial charge in [-0.15, -0.1) is 0 Å². The SMILES string of the molecule is O=S(=O)(O)c1ccc(N2CCNC2=S)cc1. The molecule has 0 bridgehead atoms. The van der Waals surface area contributed by atoms with Crippen molar-refractivity contribution in [2.75, 3.05) is 18.0 Å². The van der Waals surface area contributed by atoms with E-state index in [2.05, 4.69) is 5.32 Å². The number of benzene rings is 1.